The van der Waals surface area contributed by atoms with Gasteiger partial charge in [0.1, 0.15) is 5.75 Å². The minimum absolute atomic E-state index is 0.103. The van der Waals surface area contributed by atoms with Gasteiger partial charge in [0.25, 0.3) is 0 Å². The van der Waals surface area contributed by atoms with Gasteiger partial charge in [0, 0.05) is 19.6 Å². The molecule has 1 saturated carbocycles. The molecule has 6 nitrogen and oxygen atoms in total. The normalized spacial score (nSPS) is 19.7. The second-order valence-electron chi connectivity index (χ2n) is 9.24. The van der Waals surface area contributed by atoms with Crippen LogP contribution in [0.25, 0.3) is 0 Å². The summed E-state index contributed by atoms with van der Waals surface area (Å²) in [7, 11) is -1.80. The summed E-state index contributed by atoms with van der Waals surface area (Å²) in [5, 5.41) is 3.24. The Morgan fingerprint density at radius 1 is 1.00 bits per heavy atom. The lowest BCUT2D eigenvalue weighted by Gasteiger charge is -2.37. The largest absolute Gasteiger partial charge is 0.497 e. The summed E-state index contributed by atoms with van der Waals surface area (Å²) >= 11 is 0. The van der Waals surface area contributed by atoms with E-state index in [4.69, 9.17) is 4.74 Å². The maximum absolute atomic E-state index is 13.5. The maximum Gasteiger partial charge on any atom is 0.243 e. The Morgan fingerprint density at radius 2 is 1.64 bits per heavy atom. The van der Waals surface area contributed by atoms with Gasteiger partial charge in [-0.25, -0.2) is 8.42 Å². The van der Waals surface area contributed by atoms with Crippen LogP contribution in [-0.4, -0.2) is 45.4 Å². The van der Waals surface area contributed by atoms with E-state index in [-0.39, 0.29) is 11.8 Å². The summed E-state index contributed by atoms with van der Waals surface area (Å²) in [5.74, 6) is 1.18. The van der Waals surface area contributed by atoms with Crippen LogP contribution in [0.1, 0.15) is 50.5 Å². The van der Waals surface area contributed by atoms with Crippen LogP contribution < -0.4 is 10.1 Å². The van der Waals surface area contributed by atoms with Crippen molar-refractivity contribution in [1.29, 1.82) is 0 Å². The van der Waals surface area contributed by atoms with Gasteiger partial charge in [-0.3, -0.25) is 4.79 Å². The summed E-state index contributed by atoms with van der Waals surface area (Å²) < 4.78 is 32.6. The highest BCUT2D eigenvalue weighted by atomic mass is 32.2. The summed E-state index contributed by atoms with van der Waals surface area (Å²) in [6.45, 7) is 1.57. The number of nitrogens with zero attached hydrogens (tertiary/aromatic N) is 1. The monoisotopic (exact) mass is 470 g/mol. The van der Waals surface area contributed by atoms with Gasteiger partial charge in [-0.15, -0.1) is 0 Å². The molecule has 4 rings (SSSR count). The smallest absolute Gasteiger partial charge is 0.243 e. The van der Waals surface area contributed by atoms with E-state index in [0.29, 0.717) is 24.5 Å². The van der Waals surface area contributed by atoms with E-state index in [1.165, 1.54) is 6.42 Å². The van der Waals surface area contributed by atoms with Gasteiger partial charge in [-0.2, -0.15) is 4.31 Å². The van der Waals surface area contributed by atoms with Crippen LogP contribution in [0.15, 0.2) is 59.5 Å². The lowest BCUT2D eigenvalue weighted by atomic mass is 9.68. The Morgan fingerprint density at radius 3 is 2.24 bits per heavy atom. The van der Waals surface area contributed by atoms with Crippen molar-refractivity contribution in [3.05, 3.63) is 60.2 Å². The molecule has 0 atom stereocenters. The number of piperidine rings is 1. The molecule has 1 N–H and O–H groups in total. The number of amides is 1. The lowest BCUT2D eigenvalue weighted by Crippen LogP contribution is -2.48. The van der Waals surface area contributed by atoms with Crippen molar-refractivity contribution >= 4 is 15.9 Å². The Balaban J connectivity index is 1.37. The molecule has 0 unspecified atom stereocenters. The predicted molar refractivity (Wildman–Crippen MR) is 129 cm³/mol. The molecule has 2 fully saturated rings. The van der Waals surface area contributed by atoms with Crippen LogP contribution in [0.3, 0.4) is 0 Å². The van der Waals surface area contributed by atoms with Gasteiger partial charge >= 0.3 is 0 Å². The van der Waals surface area contributed by atoms with E-state index < -0.39 is 15.4 Å². The number of hydrogen-bond acceptors (Lipinski definition) is 4. The minimum atomic E-state index is -3.45. The molecule has 1 aliphatic carbocycles. The number of carbonyl (C=O) groups is 1. The maximum atomic E-state index is 13.5. The Bertz CT molecular complexity index is 1020. The first kappa shape index (κ1) is 23.8. The van der Waals surface area contributed by atoms with Gasteiger partial charge in [0.05, 0.1) is 17.4 Å². The van der Waals surface area contributed by atoms with Crippen molar-refractivity contribution < 1.29 is 17.9 Å². The van der Waals surface area contributed by atoms with Crippen molar-refractivity contribution in [3.8, 4) is 5.75 Å². The number of hydrogen-bond donors (Lipinski definition) is 1. The molecule has 1 heterocycles. The first-order valence-corrected chi connectivity index (χ1v) is 13.4. The highest BCUT2D eigenvalue weighted by molar-refractivity contribution is 7.89. The van der Waals surface area contributed by atoms with Gasteiger partial charge in [-0.1, -0.05) is 49.6 Å². The molecular formula is C26H34N2O4S. The van der Waals surface area contributed by atoms with Crippen LogP contribution in [-0.2, 0) is 20.2 Å². The molecule has 1 saturated heterocycles. The molecule has 0 radical (unpaired) electrons. The highest BCUT2D eigenvalue weighted by Gasteiger charge is 2.41. The predicted octanol–water partition coefficient (Wildman–Crippen LogP) is 4.11. The second kappa shape index (κ2) is 10.3. The first-order valence-electron chi connectivity index (χ1n) is 11.9. The molecule has 0 aromatic heterocycles. The highest BCUT2D eigenvalue weighted by Crippen LogP contribution is 2.40. The lowest BCUT2D eigenvalue weighted by molar-refractivity contribution is -0.128. The molecule has 1 aliphatic heterocycles. The molecule has 2 aromatic carbocycles. The SMILES string of the molecule is COc1ccc(C2(C(=O)NCC3CCN(S(=O)(=O)c4ccccc4)CC3)CCCCC2)cc1. The van der Waals surface area contributed by atoms with Crippen molar-refractivity contribution in [2.24, 2.45) is 5.92 Å². The van der Waals surface area contributed by atoms with E-state index in [2.05, 4.69) is 5.32 Å². The van der Waals surface area contributed by atoms with E-state index in [0.717, 1.165) is 49.8 Å². The van der Waals surface area contributed by atoms with E-state index in [1.807, 2.05) is 30.3 Å². The minimum Gasteiger partial charge on any atom is -0.497 e. The van der Waals surface area contributed by atoms with Crippen LogP contribution in [0, 0.1) is 5.92 Å². The van der Waals surface area contributed by atoms with Crippen LogP contribution in [0.4, 0.5) is 0 Å². The fourth-order valence-electron chi connectivity index (χ4n) is 5.21. The van der Waals surface area contributed by atoms with Gasteiger partial charge < -0.3 is 10.1 Å². The summed E-state index contributed by atoms with van der Waals surface area (Å²) in [6, 6.07) is 16.5. The zero-order valence-electron chi connectivity index (χ0n) is 19.3. The number of rotatable bonds is 7. The third kappa shape index (κ3) is 5.09. The van der Waals surface area contributed by atoms with Crippen LogP contribution in [0.5, 0.6) is 5.75 Å². The van der Waals surface area contributed by atoms with Gasteiger partial charge in [0.15, 0.2) is 0 Å². The quantitative estimate of drug-likeness (QED) is 0.661. The number of carbonyl (C=O) groups excluding carboxylic acids is 1. The molecule has 1 amide bonds. The van der Waals surface area contributed by atoms with Gasteiger partial charge in [-0.05, 0) is 61.4 Å². The molecule has 2 aromatic rings. The zero-order chi connectivity index (χ0) is 23.3. The average Bonchev–Trinajstić information content (AvgIpc) is 2.88. The van der Waals surface area contributed by atoms with E-state index in [1.54, 1.807) is 35.7 Å². The molecule has 33 heavy (non-hydrogen) atoms. The van der Waals surface area contributed by atoms with Crippen molar-refractivity contribution in [2.75, 3.05) is 26.7 Å². The first-order chi connectivity index (χ1) is 16.0. The van der Waals surface area contributed by atoms with Gasteiger partial charge in [0.2, 0.25) is 15.9 Å². The van der Waals surface area contributed by atoms with E-state index >= 15 is 0 Å². The van der Waals surface area contributed by atoms with Crippen LogP contribution in [0.2, 0.25) is 0 Å². The molecule has 2 aliphatic rings. The van der Waals surface area contributed by atoms with E-state index in [9.17, 15) is 13.2 Å². The standard InChI is InChI=1S/C26H34N2O4S/c1-32-23-12-10-22(11-13-23)26(16-6-3-7-17-26)25(29)27-20-21-14-18-28(19-15-21)33(30,31)24-8-4-2-5-9-24/h2,4-5,8-13,21H,3,6-7,14-20H2,1H3,(H,27,29). The Kier molecular flexibility index (Phi) is 7.39. The van der Waals surface area contributed by atoms with Crippen molar-refractivity contribution in [1.82, 2.24) is 9.62 Å². The van der Waals surface area contributed by atoms with Crippen molar-refractivity contribution in [3.63, 3.8) is 0 Å². The fourth-order valence-corrected chi connectivity index (χ4v) is 6.70. The number of ether oxygens (including phenoxy) is 1. The van der Waals surface area contributed by atoms with Crippen LogP contribution >= 0.6 is 0 Å². The summed E-state index contributed by atoms with van der Waals surface area (Å²) in [4.78, 5) is 13.8. The number of sulfonamides is 1. The Labute approximate surface area is 197 Å². The molecule has 0 spiro atoms. The molecule has 0 bridgehead atoms. The number of methoxy groups -OCH3 is 1. The van der Waals surface area contributed by atoms with Crippen molar-refractivity contribution in [2.45, 2.75) is 55.3 Å². The summed E-state index contributed by atoms with van der Waals surface area (Å²) in [5.41, 5.74) is 0.575. The second-order valence-corrected chi connectivity index (χ2v) is 11.2. The zero-order valence-corrected chi connectivity index (χ0v) is 20.1. The summed E-state index contributed by atoms with van der Waals surface area (Å²) in [6.07, 6.45) is 6.49. The Hall–Kier alpha value is -2.38. The number of benzene rings is 2. The average molecular weight is 471 g/mol. The molecule has 178 valence electrons. The fraction of sp³-hybridized carbons (Fsp3) is 0.500. The molecule has 7 heteroatoms. The third-order valence-corrected chi connectivity index (χ3v) is 9.20. The topological polar surface area (TPSA) is 75.7 Å². The number of nitrogens with one attached hydrogen (secondary N) is 1. The third-order valence-electron chi connectivity index (χ3n) is 7.29. The molecular weight excluding hydrogens is 436 g/mol.